The van der Waals surface area contributed by atoms with Gasteiger partial charge in [0.1, 0.15) is 0 Å². The predicted molar refractivity (Wildman–Crippen MR) is 65.5 cm³/mol. The van der Waals surface area contributed by atoms with Crippen LogP contribution in [0.4, 0.5) is 0 Å². The molecular formula is C13H18ClN. The Kier molecular flexibility index (Phi) is 3.66. The monoisotopic (exact) mass is 223 g/mol. The molecule has 0 bridgehead atoms. The van der Waals surface area contributed by atoms with E-state index in [1.165, 1.54) is 43.5 Å². The largest absolute Gasteiger partial charge is 0.317 e. The fraction of sp³-hybridized carbons (Fsp3) is 0.538. The fourth-order valence-corrected chi connectivity index (χ4v) is 2.66. The molecule has 1 saturated heterocycles. The van der Waals surface area contributed by atoms with E-state index >= 15 is 0 Å². The summed E-state index contributed by atoms with van der Waals surface area (Å²) >= 11 is 6.06. The lowest BCUT2D eigenvalue weighted by Gasteiger charge is -2.22. The van der Waals surface area contributed by atoms with E-state index in [0.29, 0.717) is 0 Å². The first kappa shape index (κ1) is 11.0. The van der Waals surface area contributed by atoms with E-state index in [1.54, 1.807) is 0 Å². The molecule has 0 atom stereocenters. The van der Waals surface area contributed by atoms with E-state index in [4.69, 9.17) is 11.6 Å². The van der Waals surface area contributed by atoms with Crippen molar-refractivity contribution in [1.29, 1.82) is 0 Å². The van der Waals surface area contributed by atoms with E-state index in [0.717, 1.165) is 10.9 Å². The third kappa shape index (κ3) is 3.22. The highest BCUT2D eigenvalue weighted by Gasteiger charge is 2.13. The molecule has 2 heteroatoms. The molecule has 1 aliphatic heterocycles. The van der Waals surface area contributed by atoms with Crippen molar-refractivity contribution < 1.29 is 0 Å². The molecule has 0 aliphatic carbocycles. The van der Waals surface area contributed by atoms with Gasteiger partial charge in [-0.05, 0) is 68.5 Å². The molecule has 0 amide bonds. The molecule has 0 spiro atoms. The third-order valence-electron chi connectivity index (χ3n) is 3.09. The predicted octanol–water partition coefficient (Wildman–Crippen LogP) is 3.19. The van der Waals surface area contributed by atoms with Gasteiger partial charge < -0.3 is 5.32 Å². The Bertz CT molecular complexity index is 309. The van der Waals surface area contributed by atoms with Crippen LogP contribution < -0.4 is 5.32 Å². The molecule has 1 aromatic rings. The maximum absolute atomic E-state index is 6.06. The lowest BCUT2D eigenvalue weighted by atomic mass is 9.90. The molecule has 0 unspecified atom stereocenters. The van der Waals surface area contributed by atoms with Crippen molar-refractivity contribution in [3.8, 4) is 0 Å². The van der Waals surface area contributed by atoms with Crippen LogP contribution >= 0.6 is 11.6 Å². The second-order valence-electron chi connectivity index (χ2n) is 4.53. The molecule has 1 aromatic carbocycles. The Morgan fingerprint density at radius 1 is 1.27 bits per heavy atom. The van der Waals surface area contributed by atoms with Gasteiger partial charge in [-0.1, -0.05) is 17.7 Å². The fourth-order valence-electron chi connectivity index (χ4n) is 2.35. The number of halogens is 1. The van der Waals surface area contributed by atoms with Gasteiger partial charge in [0.15, 0.2) is 0 Å². The molecule has 2 rings (SSSR count). The Morgan fingerprint density at radius 2 is 2.00 bits per heavy atom. The lowest BCUT2D eigenvalue weighted by Crippen LogP contribution is -2.28. The number of hydrogen-bond donors (Lipinski definition) is 1. The topological polar surface area (TPSA) is 12.0 Å². The molecule has 1 heterocycles. The first-order chi connectivity index (χ1) is 7.24. The Balaban J connectivity index is 2.02. The second kappa shape index (κ2) is 5.00. The summed E-state index contributed by atoms with van der Waals surface area (Å²) in [7, 11) is 0. The van der Waals surface area contributed by atoms with Gasteiger partial charge in [-0.15, -0.1) is 0 Å². The molecule has 0 aromatic heterocycles. The Hall–Kier alpha value is -0.530. The van der Waals surface area contributed by atoms with Gasteiger partial charge in [-0.2, -0.15) is 0 Å². The van der Waals surface area contributed by atoms with Crippen molar-refractivity contribution >= 4 is 11.6 Å². The van der Waals surface area contributed by atoms with E-state index in [9.17, 15) is 0 Å². The van der Waals surface area contributed by atoms with Crippen LogP contribution in [0.2, 0.25) is 5.02 Å². The standard InChI is InChI=1S/C13H18ClN/c1-10-6-12(9-13(14)7-10)8-11-2-4-15-5-3-11/h6-7,9,11,15H,2-5,8H2,1H3. The number of nitrogens with one attached hydrogen (secondary N) is 1. The lowest BCUT2D eigenvalue weighted by molar-refractivity contribution is 0.372. The molecule has 0 radical (unpaired) electrons. The van der Waals surface area contributed by atoms with Crippen molar-refractivity contribution in [3.05, 3.63) is 34.3 Å². The molecule has 1 N–H and O–H groups in total. The van der Waals surface area contributed by atoms with E-state index in [2.05, 4.69) is 24.4 Å². The molecule has 1 fully saturated rings. The van der Waals surface area contributed by atoms with E-state index in [-0.39, 0.29) is 0 Å². The zero-order valence-electron chi connectivity index (χ0n) is 9.22. The molecule has 1 aliphatic rings. The summed E-state index contributed by atoms with van der Waals surface area (Å²) in [5, 5.41) is 4.27. The summed E-state index contributed by atoms with van der Waals surface area (Å²) in [6, 6.07) is 6.39. The maximum atomic E-state index is 6.06. The van der Waals surface area contributed by atoms with Crippen molar-refractivity contribution in [2.45, 2.75) is 26.2 Å². The van der Waals surface area contributed by atoms with Gasteiger partial charge in [0.25, 0.3) is 0 Å². The smallest absolute Gasteiger partial charge is 0.0411 e. The quantitative estimate of drug-likeness (QED) is 0.812. The first-order valence-electron chi connectivity index (χ1n) is 5.71. The minimum absolute atomic E-state index is 0.837. The van der Waals surface area contributed by atoms with Crippen molar-refractivity contribution in [1.82, 2.24) is 5.32 Å². The van der Waals surface area contributed by atoms with Crippen molar-refractivity contribution in [3.63, 3.8) is 0 Å². The first-order valence-corrected chi connectivity index (χ1v) is 6.08. The van der Waals surface area contributed by atoms with Crippen molar-refractivity contribution in [2.75, 3.05) is 13.1 Å². The second-order valence-corrected chi connectivity index (χ2v) is 4.97. The Morgan fingerprint density at radius 3 is 2.67 bits per heavy atom. The molecular weight excluding hydrogens is 206 g/mol. The van der Waals surface area contributed by atoms with Crippen LogP contribution in [0.5, 0.6) is 0 Å². The zero-order valence-corrected chi connectivity index (χ0v) is 9.98. The zero-order chi connectivity index (χ0) is 10.7. The highest BCUT2D eigenvalue weighted by Crippen LogP contribution is 2.21. The number of piperidine rings is 1. The average Bonchev–Trinajstić information content (AvgIpc) is 2.17. The van der Waals surface area contributed by atoms with Gasteiger partial charge >= 0.3 is 0 Å². The van der Waals surface area contributed by atoms with Crippen LogP contribution in [-0.4, -0.2) is 13.1 Å². The van der Waals surface area contributed by atoms with E-state index < -0.39 is 0 Å². The summed E-state index contributed by atoms with van der Waals surface area (Å²) in [5.74, 6) is 0.837. The minimum Gasteiger partial charge on any atom is -0.317 e. The summed E-state index contributed by atoms with van der Waals surface area (Å²) in [4.78, 5) is 0. The summed E-state index contributed by atoms with van der Waals surface area (Å²) in [5.41, 5.74) is 2.67. The summed E-state index contributed by atoms with van der Waals surface area (Å²) < 4.78 is 0. The summed E-state index contributed by atoms with van der Waals surface area (Å²) in [6.45, 7) is 4.45. The highest BCUT2D eigenvalue weighted by molar-refractivity contribution is 6.30. The highest BCUT2D eigenvalue weighted by atomic mass is 35.5. The van der Waals surface area contributed by atoms with Gasteiger partial charge in [0, 0.05) is 5.02 Å². The number of benzene rings is 1. The van der Waals surface area contributed by atoms with Gasteiger partial charge in [-0.3, -0.25) is 0 Å². The number of aryl methyl sites for hydroxylation is 1. The van der Waals surface area contributed by atoms with Gasteiger partial charge in [0.2, 0.25) is 0 Å². The van der Waals surface area contributed by atoms with Crippen LogP contribution in [0.25, 0.3) is 0 Å². The normalized spacial score (nSPS) is 18.0. The Labute approximate surface area is 96.8 Å². The maximum Gasteiger partial charge on any atom is 0.0411 e. The van der Waals surface area contributed by atoms with Crippen LogP contribution in [0.1, 0.15) is 24.0 Å². The van der Waals surface area contributed by atoms with Crippen LogP contribution in [-0.2, 0) is 6.42 Å². The summed E-state index contributed by atoms with van der Waals surface area (Å²) in [6.07, 6.45) is 3.78. The third-order valence-corrected chi connectivity index (χ3v) is 3.30. The van der Waals surface area contributed by atoms with Gasteiger partial charge in [0.05, 0.1) is 0 Å². The molecule has 15 heavy (non-hydrogen) atoms. The number of hydrogen-bond acceptors (Lipinski definition) is 1. The van der Waals surface area contributed by atoms with Gasteiger partial charge in [-0.25, -0.2) is 0 Å². The van der Waals surface area contributed by atoms with Crippen molar-refractivity contribution in [2.24, 2.45) is 5.92 Å². The van der Waals surface area contributed by atoms with Crippen LogP contribution in [0.3, 0.4) is 0 Å². The van der Waals surface area contributed by atoms with Crippen LogP contribution in [0, 0.1) is 12.8 Å². The SMILES string of the molecule is Cc1cc(Cl)cc(CC2CCNCC2)c1. The van der Waals surface area contributed by atoms with Crippen LogP contribution in [0.15, 0.2) is 18.2 Å². The average molecular weight is 224 g/mol. The molecule has 0 saturated carbocycles. The molecule has 82 valence electrons. The van der Waals surface area contributed by atoms with E-state index in [1.807, 2.05) is 6.07 Å². The number of rotatable bonds is 2. The molecule has 1 nitrogen and oxygen atoms in total. The minimum atomic E-state index is 0.837.